The Bertz CT molecular complexity index is 1040. The zero-order valence-electron chi connectivity index (χ0n) is 16.2. The van der Waals surface area contributed by atoms with Crippen LogP contribution in [0.2, 0.25) is 5.15 Å². The van der Waals surface area contributed by atoms with Crippen molar-refractivity contribution in [3.05, 3.63) is 76.3 Å². The van der Waals surface area contributed by atoms with Crippen molar-refractivity contribution in [1.82, 2.24) is 9.55 Å². The Morgan fingerprint density at radius 2 is 1.90 bits per heavy atom. The van der Waals surface area contributed by atoms with Crippen LogP contribution in [0.15, 0.2) is 48.5 Å². The second-order valence-corrected chi connectivity index (χ2v) is 7.18. The van der Waals surface area contributed by atoms with Crippen LogP contribution < -0.4 is 5.73 Å². The van der Waals surface area contributed by atoms with Crippen molar-refractivity contribution in [3.8, 4) is 11.1 Å². The summed E-state index contributed by atoms with van der Waals surface area (Å²) < 4.78 is 1.68. The number of halogens is 1. The maximum Gasteiger partial charge on any atom is 0.355 e. The monoisotopic (exact) mass is 410 g/mol. The average molecular weight is 411 g/mol. The lowest BCUT2D eigenvalue weighted by Crippen LogP contribution is -2.13. The Hall–Kier alpha value is -3.12. The second-order valence-electron chi connectivity index (χ2n) is 6.82. The topological polar surface area (TPSA) is 105 Å². The minimum absolute atomic E-state index is 0.0174. The molecule has 0 saturated heterocycles. The number of nitrogens with two attached hydrogens (primary N) is 1. The number of aromatic nitrogens is 2. The highest BCUT2D eigenvalue weighted by Gasteiger charge is 2.21. The Balaban J connectivity index is 1.93. The van der Waals surface area contributed by atoms with E-state index in [1.165, 1.54) is 0 Å². The minimum atomic E-state index is -1.09. The van der Waals surface area contributed by atoms with E-state index in [-0.39, 0.29) is 16.7 Å². The number of aromatic carboxylic acids is 1. The number of rotatable bonds is 8. The summed E-state index contributed by atoms with van der Waals surface area (Å²) in [6, 6.07) is 15.3. The van der Waals surface area contributed by atoms with Crippen molar-refractivity contribution in [3.63, 3.8) is 0 Å². The van der Waals surface area contributed by atoms with Crippen LogP contribution in [0.4, 0.5) is 0 Å². The highest BCUT2D eigenvalue weighted by Crippen LogP contribution is 2.25. The van der Waals surface area contributed by atoms with Gasteiger partial charge in [0, 0.05) is 18.5 Å². The van der Waals surface area contributed by atoms with E-state index in [1.807, 2.05) is 48.5 Å². The van der Waals surface area contributed by atoms with Crippen LogP contribution in [0.1, 0.15) is 47.2 Å². The molecule has 29 heavy (non-hydrogen) atoms. The molecule has 0 saturated carbocycles. The number of carboxylic acids is 1. The fourth-order valence-electron chi connectivity index (χ4n) is 3.31. The number of nitrogen functional groups attached to an aromatic ring is 1. The van der Waals surface area contributed by atoms with Crippen LogP contribution in [-0.2, 0) is 13.0 Å². The molecule has 7 heteroatoms. The van der Waals surface area contributed by atoms with Gasteiger partial charge in [-0.3, -0.25) is 5.41 Å². The predicted molar refractivity (Wildman–Crippen MR) is 115 cm³/mol. The quantitative estimate of drug-likeness (QED) is 0.373. The van der Waals surface area contributed by atoms with E-state index in [1.54, 1.807) is 4.57 Å². The lowest BCUT2D eigenvalue weighted by Gasteiger charge is -2.12. The van der Waals surface area contributed by atoms with Crippen LogP contribution >= 0.6 is 11.6 Å². The summed E-state index contributed by atoms with van der Waals surface area (Å²) in [4.78, 5) is 16.0. The van der Waals surface area contributed by atoms with Crippen molar-refractivity contribution in [2.75, 3.05) is 0 Å². The number of imidazole rings is 1. The van der Waals surface area contributed by atoms with Crippen LogP contribution in [0.5, 0.6) is 0 Å². The molecule has 3 aromatic rings. The first-order valence-electron chi connectivity index (χ1n) is 9.43. The number of aryl methyl sites for hydroxylation is 1. The van der Waals surface area contributed by atoms with Gasteiger partial charge < -0.3 is 15.4 Å². The molecule has 3 rings (SSSR count). The molecule has 0 fully saturated rings. The summed E-state index contributed by atoms with van der Waals surface area (Å²) in [7, 11) is 0. The predicted octanol–water partition coefficient (Wildman–Crippen LogP) is 4.58. The number of carbonyl (C=O) groups is 1. The third-order valence-electron chi connectivity index (χ3n) is 4.78. The third kappa shape index (κ3) is 4.49. The first-order chi connectivity index (χ1) is 13.9. The van der Waals surface area contributed by atoms with E-state index >= 15 is 0 Å². The Kier molecular flexibility index (Phi) is 6.34. The van der Waals surface area contributed by atoms with Gasteiger partial charge in [0.1, 0.15) is 11.7 Å². The third-order valence-corrected chi connectivity index (χ3v) is 5.05. The van der Waals surface area contributed by atoms with Gasteiger partial charge in [0.15, 0.2) is 10.8 Å². The lowest BCUT2D eigenvalue weighted by molar-refractivity contribution is 0.0685. The molecule has 0 aliphatic carbocycles. The number of nitrogens with one attached hydrogen (secondary N) is 1. The maximum absolute atomic E-state index is 11.7. The molecule has 150 valence electrons. The normalized spacial score (nSPS) is 10.8. The standard InChI is InChI=1S/C22H23ClN4O2/c1-2-3-8-18-26-20(23)19(22(28)29)27(18)13-14-9-11-15(12-10-14)16-6-4-5-7-17(16)21(24)25/h4-7,9-12H,2-3,8,13H2,1H3,(H3,24,25)(H,28,29). The molecule has 1 aromatic heterocycles. The van der Waals surface area contributed by atoms with E-state index in [2.05, 4.69) is 11.9 Å². The van der Waals surface area contributed by atoms with Gasteiger partial charge in [-0.25, -0.2) is 9.78 Å². The van der Waals surface area contributed by atoms with Crippen molar-refractivity contribution < 1.29 is 9.90 Å². The Labute approximate surface area is 174 Å². The summed E-state index contributed by atoms with van der Waals surface area (Å²) in [6.07, 6.45) is 2.57. The largest absolute Gasteiger partial charge is 0.476 e. The number of hydrogen-bond acceptors (Lipinski definition) is 3. The van der Waals surface area contributed by atoms with Gasteiger partial charge in [0.2, 0.25) is 0 Å². The Morgan fingerprint density at radius 1 is 1.21 bits per heavy atom. The molecule has 0 aliphatic rings. The molecule has 0 aliphatic heterocycles. The fourth-order valence-corrected chi connectivity index (χ4v) is 3.59. The molecular formula is C22H23ClN4O2. The van der Waals surface area contributed by atoms with Crippen molar-refractivity contribution in [1.29, 1.82) is 5.41 Å². The molecule has 4 N–H and O–H groups in total. The smallest absolute Gasteiger partial charge is 0.355 e. The number of unbranched alkanes of at least 4 members (excludes halogenated alkanes) is 1. The van der Waals surface area contributed by atoms with E-state index in [0.717, 1.165) is 29.5 Å². The summed E-state index contributed by atoms with van der Waals surface area (Å²) in [6.45, 7) is 2.44. The zero-order chi connectivity index (χ0) is 21.0. The van der Waals surface area contributed by atoms with Crippen LogP contribution in [0, 0.1) is 5.41 Å². The van der Waals surface area contributed by atoms with E-state index in [9.17, 15) is 9.90 Å². The highest BCUT2D eigenvalue weighted by atomic mass is 35.5. The van der Waals surface area contributed by atoms with Gasteiger partial charge in [0.05, 0.1) is 0 Å². The van der Waals surface area contributed by atoms with Gasteiger partial charge >= 0.3 is 5.97 Å². The van der Waals surface area contributed by atoms with Crippen LogP contribution in [0.25, 0.3) is 11.1 Å². The van der Waals surface area contributed by atoms with E-state index in [0.29, 0.717) is 24.4 Å². The molecular weight excluding hydrogens is 388 g/mol. The van der Waals surface area contributed by atoms with Crippen LogP contribution in [-0.4, -0.2) is 26.5 Å². The minimum Gasteiger partial charge on any atom is -0.476 e. The molecule has 2 aromatic carbocycles. The zero-order valence-corrected chi connectivity index (χ0v) is 16.9. The number of nitrogens with zero attached hydrogens (tertiary/aromatic N) is 2. The first-order valence-corrected chi connectivity index (χ1v) is 9.81. The number of carboxylic acid groups (broad SMARTS) is 1. The van der Waals surface area contributed by atoms with Crippen LogP contribution in [0.3, 0.4) is 0 Å². The highest BCUT2D eigenvalue weighted by molar-refractivity contribution is 6.32. The first kappa shape index (κ1) is 20.6. The number of benzene rings is 2. The molecule has 0 atom stereocenters. The molecule has 0 amide bonds. The lowest BCUT2D eigenvalue weighted by atomic mass is 9.98. The SMILES string of the molecule is CCCCc1nc(Cl)c(C(=O)O)n1Cc1ccc(-c2ccccc2C(=N)N)cc1. The van der Waals surface area contributed by atoms with E-state index in [4.69, 9.17) is 22.7 Å². The summed E-state index contributed by atoms with van der Waals surface area (Å²) in [5, 5.41) is 17.3. The number of amidine groups is 1. The van der Waals surface area contributed by atoms with Gasteiger partial charge in [-0.1, -0.05) is 73.5 Å². The van der Waals surface area contributed by atoms with Crippen molar-refractivity contribution in [2.24, 2.45) is 5.73 Å². The average Bonchev–Trinajstić information content (AvgIpc) is 3.02. The summed E-state index contributed by atoms with van der Waals surface area (Å²) in [5.74, 6) is -0.387. The molecule has 6 nitrogen and oxygen atoms in total. The molecule has 1 heterocycles. The van der Waals surface area contributed by atoms with Gasteiger partial charge in [-0.05, 0) is 23.1 Å². The second kappa shape index (κ2) is 8.92. The molecule has 0 spiro atoms. The fraction of sp³-hybridized carbons (Fsp3) is 0.227. The van der Waals surface area contributed by atoms with E-state index < -0.39 is 5.97 Å². The Morgan fingerprint density at radius 3 is 2.52 bits per heavy atom. The van der Waals surface area contributed by atoms with Crippen molar-refractivity contribution >= 4 is 23.4 Å². The molecule has 0 radical (unpaired) electrons. The molecule has 0 unspecified atom stereocenters. The molecule has 0 bridgehead atoms. The number of hydrogen-bond donors (Lipinski definition) is 3. The maximum atomic E-state index is 11.7. The van der Waals surface area contributed by atoms with Gasteiger partial charge in [-0.2, -0.15) is 0 Å². The van der Waals surface area contributed by atoms with Gasteiger partial charge in [0.25, 0.3) is 0 Å². The summed E-state index contributed by atoms with van der Waals surface area (Å²) >= 11 is 6.10. The van der Waals surface area contributed by atoms with Crippen molar-refractivity contribution in [2.45, 2.75) is 32.7 Å². The van der Waals surface area contributed by atoms with Gasteiger partial charge in [-0.15, -0.1) is 0 Å². The summed E-state index contributed by atoms with van der Waals surface area (Å²) in [5.41, 5.74) is 9.14.